The summed E-state index contributed by atoms with van der Waals surface area (Å²) in [5.74, 6) is -0.958. The van der Waals surface area contributed by atoms with Gasteiger partial charge in [0, 0.05) is 6.42 Å². The summed E-state index contributed by atoms with van der Waals surface area (Å²) in [4.78, 5) is 23.9. The average Bonchev–Trinajstić information content (AvgIpc) is 2.94. The smallest absolute Gasteiger partial charge is 0.338 e. The molecule has 0 unspecified atom stereocenters. The van der Waals surface area contributed by atoms with Crippen molar-refractivity contribution >= 4 is 28.3 Å². The Morgan fingerprint density at radius 1 is 1.24 bits per heavy atom. The van der Waals surface area contributed by atoms with Crippen molar-refractivity contribution in [2.45, 2.75) is 19.8 Å². The second-order valence-corrected chi connectivity index (χ2v) is 5.30. The molecule has 1 aromatic heterocycles. The van der Waals surface area contributed by atoms with Gasteiger partial charge in [0.05, 0.1) is 18.2 Å². The molecule has 0 aliphatic heterocycles. The van der Waals surface area contributed by atoms with Crippen LogP contribution in [-0.2, 0) is 11.2 Å². The molecule has 21 heavy (non-hydrogen) atoms. The molecule has 0 saturated carbocycles. The Balaban J connectivity index is 2.18. The number of rotatable bonds is 5. The van der Waals surface area contributed by atoms with Crippen LogP contribution in [0.5, 0.6) is 0 Å². The fraction of sp³-hybridized carbons (Fsp3) is 0.286. The summed E-state index contributed by atoms with van der Waals surface area (Å²) in [5, 5.41) is 11.8. The number of hydrogen-bond donors (Lipinski definition) is 1. The third-order valence-electron chi connectivity index (χ3n) is 2.73. The molecule has 0 fully saturated rings. The van der Waals surface area contributed by atoms with E-state index in [9.17, 15) is 9.59 Å². The van der Waals surface area contributed by atoms with Crippen molar-refractivity contribution in [3.8, 4) is 0 Å². The summed E-state index contributed by atoms with van der Waals surface area (Å²) in [6, 6.07) is 6.47. The van der Waals surface area contributed by atoms with Crippen LogP contribution >= 0.6 is 11.3 Å². The summed E-state index contributed by atoms with van der Waals surface area (Å²) in [7, 11) is 1.28. The van der Waals surface area contributed by atoms with Crippen molar-refractivity contribution in [2.24, 2.45) is 0 Å². The van der Waals surface area contributed by atoms with Gasteiger partial charge >= 0.3 is 5.97 Å². The maximum Gasteiger partial charge on any atom is 0.338 e. The summed E-state index contributed by atoms with van der Waals surface area (Å²) >= 11 is 1.33. The number of methoxy groups -OCH3 is 1. The van der Waals surface area contributed by atoms with E-state index in [1.54, 1.807) is 24.3 Å². The van der Waals surface area contributed by atoms with Crippen molar-refractivity contribution in [3.05, 3.63) is 40.4 Å². The van der Waals surface area contributed by atoms with Gasteiger partial charge in [-0.15, -0.1) is 10.2 Å². The SMILES string of the molecule is CCCc1nnc(NC(=O)c2ccccc2C(=O)OC)s1. The van der Waals surface area contributed by atoms with Crippen molar-refractivity contribution in [1.29, 1.82) is 0 Å². The average molecular weight is 305 g/mol. The highest BCUT2D eigenvalue weighted by Gasteiger charge is 2.18. The van der Waals surface area contributed by atoms with Gasteiger partial charge < -0.3 is 4.74 Å². The van der Waals surface area contributed by atoms with Gasteiger partial charge in [-0.05, 0) is 18.6 Å². The first-order valence-electron chi connectivity index (χ1n) is 6.46. The molecule has 0 aliphatic rings. The van der Waals surface area contributed by atoms with E-state index in [0.29, 0.717) is 5.13 Å². The molecule has 110 valence electrons. The number of anilines is 1. The van der Waals surface area contributed by atoms with Crippen molar-refractivity contribution in [3.63, 3.8) is 0 Å². The van der Waals surface area contributed by atoms with Gasteiger partial charge in [-0.3, -0.25) is 10.1 Å². The molecular formula is C14H15N3O3S. The maximum absolute atomic E-state index is 12.2. The van der Waals surface area contributed by atoms with Crippen LogP contribution in [0.4, 0.5) is 5.13 Å². The molecule has 1 aromatic carbocycles. The lowest BCUT2D eigenvalue weighted by atomic mass is 10.1. The number of ether oxygens (including phenoxy) is 1. The number of esters is 1. The molecule has 0 atom stereocenters. The highest BCUT2D eigenvalue weighted by Crippen LogP contribution is 2.18. The first-order chi connectivity index (χ1) is 10.2. The van der Waals surface area contributed by atoms with Gasteiger partial charge in [0.2, 0.25) is 5.13 Å². The number of carbonyl (C=O) groups is 2. The molecule has 2 aromatic rings. The van der Waals surface area contributed by atoms with E-state index in [0.717, 1.165) is 17.8 Å². The molecule has 0 bridgehead atoms. The fourth-order valence-electron chi connectivity index (χ4n) is 1.75. The number of hydrogen-bond acceptors (Lipinski definition) is 6. The van der Waals surface area contributed by atoms with Crippen LogP contribution in [0.3, 0.4) is 0 Å². The minimum absolute atomic E-state index is 0.218. The third-order valence-corrected chi connectivity index (χ3v) is 3.63. The largest absolute Gasteiger partial charge is 0.465 e. The minimum Gasteiger partial charge on any atom is -0.465 e. The predicted octanol–water partition coefficient (Wildman–Crippen LogP) is 2.53. The molecule has 1 amide bonds. The van der Waals surface area contributed by atoms with Gasteiger partial charge in [0.25, 0.3) is 5.91 Å². The van der Waals surface area contributed by atoms with Gasteiger partial charge in [-0.1, -0.05) is 30.4 Å². The summed E-state index contributed by atoms with van der Waals surface area (Å²) in [6.45, 7) is 2.05. The van der Waals surface area contributed by atoms with E-state index in [4.69, 9.17) is 0 Å². The van der Waals surface area contributed by atoms with Crippen LogP contribution in [0.15, 0.2) is 24.3 Å². The van der Waals surface area contributed by atoms with Gasteiger partial charge in [-0.25, -0.2) is 4.79 Å². The fourth-order valence-corrected chi connectivity index (χ4v) is 2.59. The minimum atomic E-state index is -0.551. The predicted molar refractivity (Wildman–Crippen MR) is 79.6 cm³/mol. The molecule has 0 aliphatic carbocycles. The Labute approximate surface area is 126 Å². The van der Waals surface area contributed by atoms with Gasteiger partial charge in [0.15, 0.2) is 0 Å². The topological polar surface area (TPSA) is 81.2 Å². The lowest BCUT2D eigenvalue weighted by Crippen LogP contribution is -2.17. The number of nitrogens with zero attached hydrogens (tertiary/aromatic N) is 2. The first kappa shape index (κ1) is 15.1. The number of aromatic nitrogens is 2. The quantitative estimate of drug-likeness (QED) is 0.858. The standard InChI is InChI=1S/C14H15N3O3S/c1-3-6-11-16-17-14(21-11)15-12(18)9-7-4-5-8-10(9)13(19)20-2/h4-5,7-8H,3,6H2,1-2H3,(H,15,17,18). The number of amides is 1. The van der Waals surface area contributed by atoms with Crippen molar-refractivity contribution in [1.82, 2.24) is 10.2 Å². The van der Waals surface area contributed by atoms with Crippen LogP contribution < -0.4 is 5.32 Å². The Morgan fingerprint density at radius 3 is 2.62 bits per heavy atom. The van der Waals surface area contributed by atoms with Crippen LogP contribution in [0.25, 0.3) is 0 Å². The molecular weight excluding hydrogens is 290 g/mol. The molecule has 6 nitrogen and oxygen atoms in total. The van der Waals surface area contributed by atoms with E-state index in [1.165, 1.54) is 18.4 Å². The van der Waals surface area contributed by atoms with Crippen LogP contribution in [-0.4, -0.2) is 29.2 Å². The highest BCUT2D eigenvalue weighted by atomic mass is 32.1. The van der Waals surface area contributed by atoms with Crippen molar-refractivity contribution < 1.29 is 14.3 Å². The molecule has 7 heteroatoms. The van der Waals surface area contributed by atoms with Crippen LogP contribution in [0, 0.1) is 0 Å². The summed E-state index contributed by atoms with van der Waals surface area (Å²) in [5.41, 5.74) is 0.465. The highest BCUT2D eigenvalue weighted by molar-refractivity contribution is 7.15. The summed E-state index contributed by atoms with van der Waals surface area (Å²) in [6.07, 6.45) is 1.79. The number of benzene rings is 1. The third kappa shape index (κ3) is 3.63. The number of carbonyl (C=O) groups excluding carboxylic acids is 2. The van der Waals surface area contributed by atoms with Gasteiger partial charge in [0.1, 0.15) is 5.01 Å². The van der Waals surface area contributed by atoms with E-state index in [-0.39, 0.29) is 11.1 Å². The Hall–Kier alpha value is -2.28. The maximum atomic E-state index is 12.2. The van der Waals surface area contributed by atoms with Crippen LogP contribution in [0.2, 0.25) is 0 Å². The van der Waals surface area contributed by atoms with E-state index < -0.39 is 11.9 Å². The Morgan fingerprint density at radius 2 is 1.95 bits per heavy atom. The Bertz CT molecular complexity index is 654. The van der Waals surface area contributed by atoms with Gasteiger partial charge in [-0.2, -0.15) is 0 Å². The normalized spacial score (nSPS) is 10.2. The first-order valence-corrected chi connectivity index (χ1v) is 7.28. The molecule has 2 rings (SSSR count). The number of nitrogens with one attached hydrogen (secondary N) is 1. The van der Waals surface area contributed by atoms with E-state index >= 15 is 0 Å². The zero-order valence-electron chi connectivity index (χ0n) is 11.8. The molecule has 0 spiro atoms. The lowest BCUT2D eigenvalue weighted by molar-refractivity contribution is 0.0597. The zero-order valence-corrected chi connectivity index (χ0v) is 12.6. The van der Waals surface area contributed by atoms with E-state index in [2.05, 4.69) is 20.3 Å². The second kappa shape index (κ2) is 6.94. The molecule has 1 N–H and O–H groups in total. The molecule has 1 heterocycles. The molecule has 0 radical (unpaired) electrons. The zero-order chi connectivity index (χ0) is 15.2. The Kier molecular flexibility index (Phi) is 4.99. The monoisotopic (exact) mass is 305 g/mol. The second-order valence-electron chi connectivity index (χ2n) is 4.24. The lowest BCUT2D eigenvalue weighted by Gasteiger charge is -2.06. The van der Waals surface area contributed by atoms with E-state index in [1.807, 2.05) is 6.92 Å². The summed E-state index contributed by atoms with van der Waals surface area (Å²) < 4.78 is 4.67. The number of aryl methyl sites for hydroxylation is 1. The van der Waals surface area contributed by atoms with Crippen LogP contribution in [0.1, 0.15) is 39.1 Å². The van der Waals surface area contributed by atoms with Crippen molar-refractivity contribution in [2.75, 3.05) is 12.4 Å². The molecule has 0 saturated heterocycles.